The fraction of sp³-hybridized carbons (Fsp3) is 0.683. The summed E-state index contributed by atoms with van der Waals surface area (Å²) >= 11 is 0. The highest BCUT2D eigenvalue weighted by Crippen LogP contribution is 2.21. The zero-order valence-electron chi connectivity index (χ0n) is 53.7. The van der Waals surface area contributed by atoms with Crippen LogP contribution < -0.4 is 88.0 Å². The second-order valence-electron chi connectivity index (χ2n) is 23.7. The van der Waals surface area contributed by atoms with Crippen LogP contribution in [0.2, 0.25) is 0 Å². The number of unbranched alkanes of at least 4 members (excludes halogenated alkanes) is 2. The van der Waals surface area contributed by atoms with Gasteiger partial charge < -0.3 is 92.9 Å². The molecule has 1 aliphatic heterocycles. The van der Waals surface area contributed by atoms with Gasteiger partial charge in [0.15, 0.2) is 5.96 Å². The van der Waals surface area contributed by atoms with Crippen molar-refractivity contribution < 1.29 is 57.5 Å². The maximum Gasteiger partial charge on any atom is 0.246 e. The minimum atomic E-state index is -1.64. The molecule has 0 spiro atoms. The van der Waals surface area contributed by atoms with Crippen molar-refractivity contribution in [3.63, 3.8) is 0 Å². The fourth-order valence-electron chi connectivity index (χ4n) is 9.93. The monoisotopic (exact) mass is 1270 g/mol. The van der Waals surface area contributed by atoms with Gasteiger partial charge in [0.25, 0.3) is 0 Å². The number of amides is 12. The first-order valence-electron chi connectivity index (χ1n) is 31.4. The van der Waals surface area contributed by atoms with Crippen LogP contribution in [-0.2, 0) is 64.0 Å². The first kappa shape index (κ1) is 78.1. The normalized spacial score (nSPS) is 16.9. The van der Waals surface area contributed by atoms with Gasteiger partial charge in [-0.1, -0.05) is 84.7 Å². The molecule has 506 valence electrons. The summed E-state index contributed by atoms with van der Waals surface area (Å²) in [6, 6.07) is -4.81. The van der Waals surface area contributed by atoms with Crippen molar-refractivity contribution in [1.82, 2.24) is 52.8 Å². The summed E-state index contributed by atoms with van der Waals surface area (Å²) in [5.41, 5.74) is 40.0. The molecule has 1 saturated heterocycles. The van der Waals surface area contributed by atoms with Gasteiger partial charge in [0.05, 0.1) is 12.5 Å². The van der Waals surface area contributed by atoms with Crippen molar-refractivity contribution in [1.29, 1.82) is 0 Å². The van der Waals surface area contributed by atoms with Crippen molar-refractivity contribution in [2.24, 2.45) is 62.9 Å². The van der Waals surface area contributed by atoms with E-state index in [0.29, 0.717) is 57.1 Å². The Kier molecular flexibility index (Phi) is 35.2. The van der Waals surface area contributed by atoms with Gasteiger partial charge in [-0.15, -0.1) is 0 Å². The summed E-state index contributed by atoms with van der Waals surface area (Å²) in [7, 11) is 0. The van der Waals surface area contributed by atoms with E-state index in [0.717, 1.165) is 0 Å². The highest BCUT2D eigenvalue weighted by molar-refractivity contribution is 6.00. The molecule has 0 bridgehead atoms. The van der Waals surface area contributed by atoms with E-state index >= 15 is 0 Å². The predicted octanol–water partition coefficient (Wildman–Crippen LogP) is -3.24. The lowest BCUT2D eigenvalue weighted by atomic mass is 9.94. The average Bonchev–Trinajstić information content (AvgIpc) is 1.63. The molecule has 0 saturated carbocycles. The molecule has 30 heteroatoms. The molecule has 23 N–H and O–H groups in total. The Morgan fingerprint density at radius 1 is 0.544 bits per heavy atom. The maximum absolute atomic E-state index is 14.6. The number of carbonyl (C=O) groups is 12. The molecule has 0 radical (unpaired) electrons. The molecule has 1 fully saturated rings. The Morgan fingerprint density at radius 3 is 1.54 bits per heavy atom. The Hall–Kier alpha value is -7.99. The van der Waals surface area contributed by atoms with Crippen molar-refractivity contribution in [2.45, 2.75) is 218 Å². The highest BCUT2D eigenvalue weighted by atomic mass is 16.2. The average molecular weight is 1270 g/mol. The number of hydrogen-bond acceptors (Lipinski definition) is 16. The van der Waals surface area contributed by atoms with E-state index in [1.54, 1.807) is 71.9 Å². The molecule has 0 unspecified atom stereocenters. The molecular formula is C60H104N18O12. The van der Waals surface area contributed by atoms with E-state index in [9.17, 15) is 57.5 Å². The Labute approximate surface area is 528 Å². The quantitative estimate of drug-likeness (QED) is 0.0174. The number of nitrogens with one attached hydrogen (secondary N) is 9. The lowest BCUT2D eigenvalue weighted by molar-refractivity contribution is -0.143. The molecule has 0 aromatic heterocycles. The highest BCUT2D eigenvalue weighted by Gasteiger charge is 2.42. The largest absolute Gasteiger partial charge is 0.370 e. The maximum atomic E-state index is 14.6. The summed E-state index contributed by atoms with van der Waals surface area (Å²) in [5, 5.41) is 24.2. The van der Waals surface area contributed by atoms with Gasteiger partial charge in [0.2, 0.25) is 70.9 Å². The zero-order valence-corrected chi connectivity index (χ0v) is 53.7. The van der Waals surface area contributed by atoms with Crippen molar-refractivity contribution in [3.05, 3.63) is 35.9 Å². The molecule has 1 aliphatic rings. The minimum absolute atomic E-state index is 0.00397. The van der Waals surface area contributed by atoms with Gasteiger partial charge in [-0.3, -0.25) is 62.5 Å². The van der Waals surface area contributed by atoms with Gasteiger partial charge in [-0.05, 0) is 121 Å². The number of nitrogens with two attached hydrogens (primary N) is 7. The van der Waals surface area contributed by atoms with E-state index in [1.165, 1.54) is 18.7 Å². The van der Waals surface area contributed by atoms with E-state index in [-0.39, 0.29) is 76.5 Å². The molecule has 2 rings (SSSR count). The van der Waals surface area contributed by atoms with E-state index in [4.69, 9.17) is 40.1 Å². The standard InChI is InChI=1S/C60H104N18O12/c1-9-34(5)47(77-58(89)48(35(6)10-2)76-53(84)41(23-15-17-27-62)71-51(82)37(8)69-50(81)36(7)63)57(88)74-42(30-33(3)4)54(85)75-44(32-46(64)79)59(90)78-29-19-25-45(78)56(87)72-40(22-14-16-26-61)52(83)73-43(31-38-20-12-11-13-21-38)55(86)70-39(49(65)80)24-18-28-68-60(66)67/h11-13,20-21,33-37,39-45,47-48H,9-10,14-19,22-32,61-63H2,1-8H3,(H2,64,79)(H2,65,80)(H,69,81)(H,70,86)(H,71,82)(H,72,87)(H,73,83)(H,74,88)(H,75,85)(H,76,84)(H,77,89)(H4,66,67,68)/t34-,35-,36-,37-,39-,40-,41-,42-,43-,44-,45-,47-,48-/m0/s1. The van der Waals surface area contributed by atoms with E-state index in [2.05, 4.69) is 52.8 Å². The van der Waals surface area contributed by atoms with Crippen LogP contribution in [0.4, 0.5) is 0 Å². The van der Waals surface area contributed by atoms with Crippen molar-refractivity contribution >= 4 is 76.8 Å². The number of primary amides is 2. The van der Waals surface area contributed by atoms with Gasteiger partial charge in [-0.2, -0.15) is 0 Å². The zero-order chi connectivity index (χ0) is 67.8. The number of guanidine groups is 1. The van der Waals surface area contributed by atoms with Crippen LogP contribution >= 0.6 is 0 Å². The second-order valence-corrected chi connectivity index (χ2v) is 23.7. The van der Waals surface area contributed by atoms with E-state index in [1.807, 2.05) is 0 Å². The van der Waals surface area contributed by atoms with Crippen LogP contribution in [-0.4, -0.2) is 174 Å². The molecule has 12 amide bonds. The summed E-state index contributed by atoms with van der Waals surface area (Å²) < 4.78 is 0. The minimum Gasteiger partial charge on any atom is -0.370 e. The molecule has 30 nitrogen and oxygen atoms in total. The molecule has 1 heterocycles. The number of aliphatic imine (C=N–C) groups is 1. The number of hydrogen-bond donors (Lipinski definition) is 16. The third-order valence-electron chi connectivity index (χ3n) is 15.6. The first-order valence-corrected chi connectivity index (χ1v) is 31.4. The molecule has 0 aliphatic carbocycles. The van der Waals surface area contributed by atoms with Crippen LogP contribution in [0, 0.1) is 17.8 Å². The number of rotatable bonds is 42. The van der Waals surface area contributed by atoms with Crippen LogP contribution in [0.3, 0.4) is 0 Å². The third kappa shape index (κ3) is 27.4. The molecular weight excluding hydrogens is 1160 g/mol. The number of likely N-dealkylation sites (tertiary alicyclic amines) is 1. The molecule has 1 aromatic rings. The number of nitrogens with zero attached hydrogens (tertiary/aromatic N) is 2. The van der Waals surface area contributed by atoms with Gasteiger partial charge in [0, 0.05) is 19.5 Å². The molecule has 90 heavy (non-hydrogen) atoms. The first-order chi connectivity index (χ1) is 42.5. The summed E-state index contributed by atoms with van der Waals surface area (Å²) in [6.45, 7) is 14.2. The topological polar surface area (TPSA) is 511 Å². The Bertz CT molecular complexity index is 2570. The lowest BCUT2D eigenvalue weighted by Gasteiger charge is -2.32. The van der Waals surface area contributed by atoms with Crippen LogP contribution in [0.25, 0.3) is 0 Å². The Balaban J connectivity index is 2.44. The van der Waals surface area contributed by atoms with Crippen LogP contribution in [0.5, 0.6) is 0 Å². The van der Waals surface area contributed by atoms with Gasteiger partial charge in [-0.25, -0.2) is 0 Å². The van der Waals surface area contributed by atoms with Crippen molar-refractivity contribution in [2.75, 3.05) is 26.2 Å². The fourth-order valence-corrected chi connectivity index (χ4v) is 9.93. The third-order valence-corrected chi connectivity index (χ3v) is 15.6. The summed E-state index contributed by atoms with van der Waals surface area (Å²) in [5.74, 6) is -10.7. The Morgan fingerprint density at radius 2 is 1.02 bits per heavy atom. The van der Waals surface area contributed by atoms with Crippen LogP contribution in [0.15, 0.2) is 35.3 Å². The number of benzene rings is 1. The predicted molar refractivity (Wildman–Crippen MR) is 339 cm³/mol. The SMILES string of the molecule is CC[C@H](C)[C@H](NC(=O)[C@H](CCCCN)NC(=O)[C@H](C)NC(=O)[C@H](C)N)C(=O)N[C@H](C(=O)N[C@@H](CC(C)C)C(=O)N[C@@H](CC(N)=O)C(=O)N1CCC[C@H]1C(=O)N[C@@H](CCCCN)C(=O)N[C@@H](Cc1ccccc1)C(=O)N[C@@H](CCCN=C(N)N)C(N)=O)[C@@H](C)CC. The number of carbonyl (C=O) groups excluding carboxylic acids is 12. The molecule has 13 atom stereocenters. The molecule has 1 aromatic carbocycles. The summed E-state index contributed by atoms with van der Waals surface area (Å²) in [6.07, 6.45) is 2.76. The van der Waals surface area contributed by atoms with E-state index < -0.39 is 156 Å². The smallest absolute Gasteiger partial charge is 0.246 e. The summed E-state index contributed by atoms with van der Waals surface area (Å²) in [4.78, 5) is 170. The lowest BCUT2D eigenvalue weighted by Crippen LogP contribution is -2.62. The van der Waals surface area contributed by atoms with Crippen LogP contribution in [0.1, 0.15) is 151 Å². The van der Waals surface area contributed by atoms with Gasteiger partial charge in [0.1, 0.15) is 60.4 Å². The second kappa shape index (κ2) is 40.6. The van der Waals surface area contributed by atoms with Crippen molar-refractivity contribution in [3.8, 4) is 0 Å². The van der Waals surface area contributed by atoms with Gasteiger partial charge >= 0.3 is 0 Å².